The van der Waals surface area contributed by atoms with E-state index in [4.69, 9.17) is 5.73 Å². The maximum atomic E-state index is 11.5. The highest BCUT2D eigenvalue weighted by Gasteiger charge is 2.22. The number of carbonyl (C=O) groups is 1. The van der Waals surface area contributed by atoms with Crippen molar-refractivity contribution in [1.82, 2.24) is 9.88 Å². The van der Waals surface area contributed by atoms with Gasteiger partial charge in [0.25, 0.3) is 0 Å². The summed E-state index contributed by atoms with van der Waals surface area (Å²) in [7, 11) is 0. The average molecular weight is 319 g/mol. The second kappa shape index (κ2) is 7.93. The minimum Gasteiger partial charge on any atom is -0.330 e. The molecule has 1 fully saturated rings. The highest BCUT2D eigenvalue weighted by atomic mass is 35.5. The number of carbonyl (C=O) groups excluding carboxylic acids is 1. The van der Waals surface area contributed by atoms with Gasteiger partial charge in [0.05, 0.1) is 5.69 Å². The fraction of sp³-hybridized carbons (Fsp3) is 0.692. The number of halogens is 1. The molecule has 0 aromatic carbocycles. The molecule has 0 aliphatic carbocycles. The molecule has 0 spiro atoms. The second-order valence-electron chi connectivity index (χ2n) is 5.01. The monoisotopic (exact) mass is 318 g/mol. The van der Waals surface area contributed by atoms with Crippen LogP contribution in [-0.2, 0) is 11.3 Å². The van der Waals surface area contributed by atoms with Crippen LogP contribution in [0.5, 0.6) is 0 Å². The van der Waals surface area contributed by atoms with Crippen molar-refractivity contribution in [2.75, 3.05) is 31.1 Å². The highest BCUT2D eigenvalue weighted by Crippen LogP contribution is 2.23. The van der Waals surface area contributed by atoms with E-state index in [0.717, 1.165) is 37.0 Å². The number of nitrogens with two attached hydrogens (primary N) is 1. The van der Waals surface area contributed by atoms with Gasteiger partial charge in [-0.2, -0.15) is 0 Å². The van der Waals surface area contributed by atoms with Crippen LogP contribution in [0.25, 0.3) is 0 Å². The summed E-state index contributed by atoms with van der Waals surface area (Å²) >= 11 is 1.54. The highest BCUT2D eigenvalue weighted by molar-refractivity contribution is 7.14. The first-order chi connectivity index (χ1) is 9.13. The van der Waals surface area contributed by atoms with Gasteiger partial charge in [-0.1, -0.05) is 0 Å². The molecule has 1 atom stereocenters. The van der Waals surface area contributed by atoms with Crippen molar-refractivity contribution in [3.8, 4) is 0 Å². The number of rotatable bonds is 5. The Kier molecular flexibility index (Phi) is 6.88. The van der Waals surface area contributed by atoms with Gasteiger partial charge in [0.2, 0.25) is 5.91 Å². The Hall–Kier alpha value is -0.690. The number of hydrogen-bond acceptors (Lipinski definition) is 5. The Bertz CT molecular complexity index is 440. The maximum Gasteiger partial charge on any atom is 0.225 e. The number of likely N-dealkylation sites (tertiary alicyclic amines) is 1. The van der Waals surface area contributed by atoms with E-state index < -0.39 is 0 Å². The maximum absolute atomic E-state index is 11.5. The number of nitrogens with zero attached hydrogens (tertiary/aromatic N) is 3. The van der Waals surface area contributed by atoms with Gasteiger partial charge in [-0.3, -0.25) is 14.6 Å². The van der Waals surface area contributed by atoms with Crippen LogP contribution in [0.3, 0.4) is 0 Å². The molecule has 0 saturated carbocycles. The van der Waals surface area contributed by atoms with Crippen LogP contribution in [0, 0.1) is 5.92 Å². The fourth-order valence-electron chi connectivity index (χ4n) is 2.46. The second-order valence-corrected chi connectivity index (χ2v) is 5.85. The Morgan fingerprint density at radius 2 is 2.40 bits per heavy atom. The SMILES string of the molecule is CCN(C(C)=O)c1nc(CN2CCC(CN)C2)cs1.Cl. The number of thiazole rings is 1. The number of anilines is 1. The van der Waals surface area contributed by atoms with Gasteiger partial charge >= 0.3 is 0 Å². The van der Waals surface area contributed by atoms with Crippen LogP contribution in [0.15, 0.2) is 5.38 Å². The molecule has 1 aliphatic heterocycles. The molecule has 2 rings (SSSR count). The van der Waals surface area contributed by atoms with Crippen LogP contribution in [0.1, 0.15) is 26.0 Å². The molecule has 1 amide bonds. The normalized spacial score (nSPS) is 18.9. The molecule has 1 unspecified atom stereocenters. The molecule has 2 N–H and O–H groups in total. The third-order valence-electron chi connectivity index (χ3n) is 3.56. The lowest BCUT2D eigenvalue weighted by atomic mass is 10.1. The molecule has 2 heterocycles. The zero-order valence-electron chi connectivity index (χ0n) is 12.0. The number of aromatic nitrogens is 1. The molecule has 5 nitrogen and oxygen atoms in total. The summed E-state index contributed by atoms with van der Waals surface area (Å²) < 4.78 is 0. The largest absolute Gasteiger partial charge is 0.330 e. The molecule has 0 bridgehead atoms. The first kappa shape index (κ1) is 17.4. The van der Waals surface area contributed by atoms with Gasteiger partial charge in [-0.15, -0.1) is 23.7 Å². The van der Waals surface area contributed by atoms with E-state index in [2.05, 4.69) is 15.3 Å². The van der Waals surface area contributed by atoms with Gasteiger partial charge in [0.15, 0.2) is 5.13 Å². The van der Waals surface area contributed by atoms with Crippen LogP contribution in [0.2, 0.25) is 0 Å². The van der Waals surface area contributed by atoms with Crippen LogP contribution in [-0.4, -0.2) is 42.0 Å². The minimum absolute atomic E-state index is 0. The van der Waals surface area contributed by atoms with Crippen molar-refractivity contribution in [3.63, 3.8) is 0 Å². The molecule has 20 heavy (non-hydrogen) atoms. The predicted molar refractivity (Wildman–Crippen MR) is 85.5 cm³/mol. The summed E-state index contributed by atoms with van der Waals surface area (Å²) in [6.45, 7) is 8.01. The lowest BCUT2D eigenvalue weighted by Crippen LogP contribution is -2.28. The third-order valence-corrected chi connectivity index (χ3v) is 4.47. The standard InChI is InChI=1S/C13H22N4OS.ClH/c1-3-17(10(2)18)13-15-12(9-19-13)8-16-5-4-11(6-14)7-16;/h9,11H,3-8,14H2,1-2H3;1H. The van der Waals surface area contributed by atoms with E-state index in [-0.39, 0.29) is 18.3 Å². The molecular formula is C13H23ClN4OS. The first-order valence-electron chi connectivity index (χ1n) is 6.79. The first-order valence-corrected chi connectivity index (χ1v) is 7.67. The van der Waals surface area contributed by atoms with Gasteiger partial charge < -0.3 is 5.73 Å². The summed E-state index contributed by atoms with van der Waals surface area (Å²) in [6.07, 6.45) is 1.18. The van der Waals surface area contributed by atoms with Gasteiger partial charge in [0, 0.05) is 31.9 Å². The molecular weight excluding hydrogens is 296 g/mol. The molecule has 7 heteroatoms. The summed E-state index contributed by atoms with van der Waals surface area (Å²) in [5.41, 5.74) is 6.75. The Morgan fingerprint density at radius 3 is 2.95 bits per heavy atom. The van der Waals surface area contributed by atoms with Crippen molar-refractivity contribution < 1.29 is 4.79 Å². The molecule has 0 radical (unpaired) electrons. The van der Waals surface area contributed by atoms with Gasteiger partial charge in [-0.25, -0.2) is 4.98 Å². The van der Waals surface area contributed by atoms with E-state index in [1.807, 2.05) is 6.92 Å². The zero-order valence-corrected chi connectivity index (χ0v) is 13.7. The van der Waals surface area contributed by atoms with E-state index in [0.29, 0.717) is 12.5 Å². The number of amides is 1. The van der Waals surface area contributed by atoms with Crippen LogP contribution in [0.4, 0.5) is 5.13 Å². The topological polar surface area (TPSA) is 62.5 Å². The molecule has 1 aromatic rings. The van der Waals surface area contributed by atoms with Crippen molar-refractivity contribution in [3.05, 3.63) is 11.1 Å². The van der Waals surface area contributed by atoms with E-state index >= 15 is 0 Å². The predicted octanol–water partition coefficient (Wildman–Crippen LogP) is 1.72. The smallest absolute Gasteiger partial charge is 0.225 e. The lowest BCUT2D eigenvalue weighted by molar-refractivity contribution is -0.116. The van der Waals surface area contributed by atoms with E-state index in [1.165, 1.54) is 6.42 Å². The van der Waals surface area contributed by atoms with E-state index in [9.17, 15) is 4.79 Å². The molecule has 1 saturated heterocycles. The average Bonchev–Trinajstić information content (AvgIpc) is 3.00. The lowest BCUT2D eigenvalue weighted by Gasteiger charge is -2.15. The minimum atomic E-state index is 0. The molecule has 1 aromatic heterocycles. The van der Waals surface area contributed by atoms with Crippen molar-refractivity contribution in [2.45, 2.75) is 26.8 Å². The molecule has 114 valence electrons. The summed E-state index contributed by atoms with van der Waals surface area (Å²) in [5, 5.41) is 2.86. The Balaban J connectivity index is 0.00000200. The van der Waals surface area contributed by atoms with Crippen molar-refractivity contribution in [2.24, 2.45) is 11.7 Å². The Labute approximate surface area is 130 Å². The summed E-state index contributed by atoms with van der Waals surface area (Å²) in [5.74, 6) is 0.676. The quantitative estimate of drug-likeness (QED) is 0.898. The third kappa shape index (κ3) is 4.15. The fourth-order valence-corrected chi connectivity index (χ4v) is 3.39. The van der Waals surface area contributed by atoms with E-state index in [1.54, 1.807) is 23.2 Å². The zero-order chi connectivity index (χ0) is 13.8. The Morgan fingerprint density at radius 1 is 1.65 bits per heavy atom. The summed E-state index contributed by atoms with van der Waals surface area (Å²) in [6, 6.07) is 0. The van der Waals surface area contributed by atoms with Crippen LogP contribution >= 0.6 is 23.7 Å². The summed E-state index contributed by atoms with van der Waals surface area (Å²) in [4.78, 5) is 20.1. The van der Waals surface area contributed by atoms with Crippen molar-refractivity contribution in [1.29, 1.82) is 0 Å². The van der Waals surface area contributed by atoms with Gasteiger partial charge in [0.1, 0.15) is 0 Å². The van der Waals surface area contributed by atoms with Crippen molar-refractivity contribution >= 4 is 34.8 Å². The molecule has 1 aliphatic rings. The van der Waals surface area contributed by atoms with Crippen LogP contribution < -0.4 is 10.6 Å². The van der Waals surface area contributed by atoms with Gasteiger partial charge in [-0.05, 0) is 32.4 Å². The number of hydrogen-bond donors (Lipinski definition) is 1.